The number of nitrogens with one attached hydrogen (secondary N) is 2. The number of ether oxygens (including phenoxy) is 4. The predicted octanol–water partition coefficient (Wildman–Crippen LogP) is 2.35. The zero-order chi connectivity index (χ0) is 19.9. The van der Waals surface area contributed by atoms with Crippen molar-refractivity contribution in [1.29, 1.82) is 0 Å². The Morgan fingerprint density at radius 2 is 1.79 bits per heavy atom. The van der Waals surface area contributed by atoms with Gasteiger partial charge >= 0.3 is 0 Å². The molecule has 0 bridgehead atoms. The first-order chi connectivity index (χ1) is 13.6. The molecule has 2 heterocycles. The van der Waals surface area contributed by atoms with Crippen LogP contribution in [0.25, 0.3) is 0 Å². The van der Waals surface area contributed by atoms with Crippen LogP contribution in [0.15, 0.2) is 24.3 Å². The third kappa shape index (κ3) is 4.61. The molecule has 1 atom stereocenters. The predicted molar refractivity (Wildman–Crippen MR) is 104 cm³/mol. The Morgan fingerprint density at radius 1 is 1.11 bits per heavy atom. The molecule has 1 fully saturated rings. The fraction of sp³-hybridized carbons (Fsp3) is 0.421. The molecule has 28 heavy (non-hydrogen) atoms. The highest BCUT2D eigenvalue weighted by Gasteiger charge is 2.18. The fourth-order valence-electron chi connectivity index (χ4n) is 2.92. The van der Waals surface area contributed by atoms with Crippen molar-refractivity contribution in [1.82, 2.24) is 10.2 Å². The van der Waals surface area contributed by atoms with Crippen molar-refractivity contribution < 1.29 is 23.7 Å². The average Bonchev–Trinajstić information content (AvgIpc) is 3.25. The van der Waals surface area contributed by atoms with Gasteiger partial charge in [-0.05, 0) is 37.1 Å². The smallest absolute Gasteiger partial charge is 0.257 e. The van der Waals surface area contributed by atoms with Gasteiger partial charge in [-0.15, -0.1) is 10.2 Å². The maximum absolute atomic E-state index is 12.6. The molecule has 9 heteroatoms. The van der Waals surface area contributed by atoms with E-state index < -0.39 is 0 Å². The Kier molecular flexibility index (Phi) is 6.49. The number of anilines is 2. The first-order valence-corrected chi connectivity index (χ1v) is 8.95. The van der Waals surface area contributed by atoms with E-state index in [0.29, 0.717) is 41.0 Å². The molecule has 1 saturated heterocycles. The van der Waals surface area contributed by atoms with Crippen molar-refractivity contribution in [3.63, 3.8) is 0 Å². The van der Waals surface area contributed by atoms with Crippen molar-refractivity contribution in [2.75, 3.05) is 45.1 Å². The first kappa shape index (κ1) is 19.7. The Hall–Kier alpha value is -3.07. The fourth-order valence-corrected chi connectivity index (χ4v) is 2.92. The normalized spacial score (nSPS) is 15.8. The van der Waals surface area contributed by atoms with E-state index in [9.17, 15) is 4.79 Å². The van der Waals surface area contributed by atoms with Crippen molar-refractivity contribution in [3.8, 4) is 17.2 Å². The summed E-state index contributed by atoms with van der Waals surface area (Å²) >= 11 is 0. The molecule has 2 N–H and O–H groups in total. The molecular weight excluding hydrogens is 364 g/mol. The largest absolute Gasteiger partial charge is 0.493 e. The van der Waals surface area contributed by atoms with Crippen molar-refractivity contribution in [3.05, 3.63) is 29.8 Å². The molecule has 150 valence electrons. The number of benzene rings is 1. The Bertz CT molecular complexity index is 781. The number of carbonyl (C=O) groups excluding carboxylic acids is 1. The maximum Gasteiger partial charge on any atom is 0.257 e. The van der Waals surface area contributed by atoms with Crippen LogP contribution in [0.1, 0.15) is 23.2 Å². The topological polar surface area (TPSA) is 104 Å². The summed E-state index contributed by atoms with van der Waals surface area (Å²) in [5.41, 5.74) is 0.344. The van der Waals surface area contributed by atoms with E-state index in [-0.39, 0.29) is 12.0 Å². The lowest BCUT2D eigenvalue weighted by Crippen LogP contribution is -2.19. The molecule has 0 spiro atoms. The quantitative estimate of drug-likeness (QED) is 0.710. The third-order valence-electron chi connectivity index (χ3n) is 4.37. The Labute approximate surface area is 163 Å². The van der Waals surface area contributed by atoms with Gasteiger partial charge in [0.15, 0.2) is 17.3 Å². The van der Waals surface area contributed by atoms with Gasteiger partial charge in [0.05, 0.1) is 27.4 Å². The number of amides is 1. The molecule has 1 amide bonds. The number of methoxy groups -OCH3 is 3. The second-order valence-electron chi connectivity index (χ2n) is 6.19. The van der Waals surface area contributed by atoms with E-state index in [1.54, 1.807) is 24.3 Å². The molecule has 1 aliphatic heterocycles. The van der Waals surface area contributed by atoms with Gasteiger partial charge in [0.25, 0.3) is 5.91 Å². The lowest BCUT2D eigenvalue weighted by Gasteiger charge is -2.14. The molecule has 1 aliphatic rings. The molecule has 2 aromatic rings. The molecule has 1 aromatic carbocycles. The molecule has 3 rings (SSSR count). The minimum atomic E-state index is -0.367. The standard InChI is InChI=1S/C19H24N4O5/c1-25-14-9-12(10-15(26-2)18(14)27-3)19(24)21-17-7-6-16(22-23-17)20-11-13-5-4-8-28-13/h6-7,9-10,13H,4-5,8,11H2,1-3H3,(H,20,22)(H,21,23,24). The number of nitrogens with zero attached hydrogens (tertiary/aromatic N) is 2. The summed E-state index contributed by atoms with van der Waals surface area (Å²) in [6, 6.07) is 6.58. The zero-order valence-corrected chi connectivity index (χ0v) is 16.2. The lowest BCUT2D eigenvalue weighted by atomic mass is 10.1. The lowest BCUT2D eigenvalue weighted by molar-refractivity contribution is 0.102. The van der Waals surface area contributed by atoms with Gasteiger partial charge in [-0.3, -0.25) is 4.79 Å². The minimum Gasteiger partial charge on any atom is -0.493 e. The summed E-state index contributed by atoms with van der Waals surface area (Å²) in [6.07, 6.45) is 2.34. The number of rotatable bonds is 8. The maximum atomic E-state index is 12.6. The molecule has 0 radical (unpaired) electrons. The number of hydrogen-bond donors (Lipinski definition) is 2. The van der Waals surface area contributed by atoms with Gasteiger partial charge in [-0.2, -0.15) is 0 Å². The summed E-state index contributed by atoms with van der Waals surface area (Å²) in [5, 5.41) is 14.0. The molecular formula is C19H24N4O5. The summed E-state index contributed by atoms with van der Waals surface area (Å²) in [5.74, 6) is 1.80. The Balaban J connectivity index is 1.65. The SMILES string of the molecule is COc1cc(C(=O)Nc2ccc(NCC3CCCO3)nn2)cc(OC)c1OC. The highest BCUT2D eigenvalue weighted by molar-refractivity contribution is 6.04. The van der Waals surface area contributed by atoms with Crippen molar-refractivity contribution >= 4 is 17.5 Å². The van der Waals surface area contributed by atoms with Crippen LogP contribution in [0.4, 0.5) is 11.6 Å². The van der Waals surface area contributed by atoms with Crippen LogP contribution in [-0.2, 0) is 4.74 Å². The summed E-state index contributed by atoms with van der Waals surface area (Å²) in [6.45, 7) is 1.50. The summed E-state index contributed by atoms with van der Waals surface area (Å²) < 4.78 is 21.4. The van der Waals surface area contributed by atoms with Gasteiger partial charge < -0.3 is 29.6 Å². The number of hydrogen-bond acceptors (Lipinski definition) is 8. The molecule has 0 aliphatic carbocycles. The van der Waals surface area contributed by atoms with Crippen LogP contribution >= 0.6 is 0 Å². The second-order valence-corrected chi connectivity index (χ2v) is 6.19. The van der Waals surface area contributed by atoms with Crippen LogP contribution in [0.3, 0.4) is 0 Å². The highest BCUT2D eigenvalue weighted by Crippen LogP contribution is 2.38. The Morgan fingerprint density at radius 3 is 2.32 bits per heavy atom. The van der Waals surface area contributed by atoms with Crippen LogP contribution in [-0.4, -0.2) is 56.7 Å². The highest BCUT2D eigenvalue weighted by atomic mass is 16.5. The third-order valence-corrected chi connectivity index (χ3v) is 4.37. The van der Waals surface area contributed by atoms with Crippen LogP contribution in [0.2, 0.25) is 0 Å². The van der Waals surface area contributed by atoms with E-state index in [4.69, 9.17) is 18.9 Å². The summed E-state index contributed by atoms with van der Waals surface area (Å²) in [7, 11) is 4.49. The van der Waals surface area contributed by atoms with Crippen molar-refractivity contribution in [2.45, 2.75) is 18.9 Å². The minimum absolute atomic E-state index is 0.209. The van der Waals surface area contributed by atoms with Gasteiger partial charge in [0.1, 0.15) is 5.82 Å². The molecule has 0 saturated carbocycles. The van der Waals surface area contributed by atoms with E-state index in [0.717, 1.165) is 19.4 Å². The second kappa shape index (κ2) is 9.23. The monoisotopic (exact) mass is 388 g/mol. The number of carbonyl (C=O) groups is 1. The van der Waals surface area contributed by atoms with Gasteiger partial charge in [0, 0.05) is 18.7 Å². The van der Waals surface area contributed by atoms with Gasteiger partial charge in [-0.25, -0.2) is 0 Å². The first-order valence-electron chi connectivity index (χ1n) is 8.95. The average molecular weight is 388 g/mol. The van der Waals surface area contributed by atoms with E-state index in [1.807, 2.05) is 0 Å². The van der Waals surface area contributed by atoms with E-state index >= 15 is 0 Å². The van der Waals surface area contributed by atoms with E-state index in [2.05, 4.69) is 20.8 Å². The molecule has 9 nitrogen and oxygen atoms in total. The molecule has 1 unspecified atom stereocenters. The number of aromatic nitrogens is 2. The van der Waals surface area contributed by atoms with Crippen molar-refractivity contribution in [2.24, 2.45) is 0 Å². The van der Waals surface area contributed by atoms with Gasteiger partial charge in [0.2, 0.25) is 5.75 Å². The van der Waals surface area contributed by atoms with Gasteiger partial charge in [-0.1, -0.05) is 0 Å². The zero-order valence-electron chi connectivity index (χ0n) is 16.2. The molecule has 1 aromatic heterocycles. The van der Waals surface area contributed by atoms with E-state index in [1.165, 1.54) is 21.3 Å². The van der Waals surface area contributed by atoms with Crippen LogP contribution in [0.5, 0.6) is 17.2 Å². The van der Waals surface area contributed by atoms with Crippen LogP contribution in [0, 0.1) is 0 Å². The summed E-state index contributed by atoms with van der Waals surface area (Å²) in [4.78, 5) is 12.6. The van der Waals surface area contributed by atoms with Crippen LogP contribution < -0.4 is 24.8 Å².